The van der Waals surface area contributed by atoms with Gasteiger partial charge in [-0.3, -0.25) is 0 Å². The van der Waals surface area contributed by atoms with Gasteiger partial charge < -0.3 is 9.84 Å². The van der Waals surface area contributed by atoms with Gasteiger partial charge in [0.25, 0.3) is 0 Å². The predicted octanol–water partition coefficient (Wildman–Crippen LogP) is 5.70. The summed E-state index contributed by atoms with van der Waals surface area (Å²) in [6, 6.07) is 24.2. The lowest BCUT2D eigenvalue weighted by atomic mass is 10.0. The number of fused-ring (bicyclic) bond motifs is 1. The standard InChI is InChI=1S/C23H17NO3/c1-15-6-5-9-19-20(23(25)26)14-21(24-22(15)19)16-10-12-18(13-11-16)27-17-7-3-2-4-8-17/h2-14H,1H3,(H,25,26). The van der Waals surface area contributed by atoms with Crippen LogP contribution in [-0.4, -0.2) is 16.1 Å². The summed E-state index contributed by atoms with van der Waals surface area (Å²) in [7, 11) is 0. The maximum Gasteiger partial charge on any atom is 0.336 e. The SMILES string of the molecule is Cc1cccc2c(C(=O)O)cc(-c3ccc(Oc4ccccc4)cc3)nc12. The van der Waals surface area contributed by atoms with Crippen LogP contribution in [0.15, 0.2) is 78.9 Å². The second kappa shape index (κ2) is 6.92. The number of carboxylic acid groups (broad SMARTS) is 1. The second-order valence-electron chi connectivity index (χ2n) is 6.27. The maximum absolute atomic E-state index is 11.7. The molecule has 4 rings (SSSR count). The third kappa shape index (κ3) is 3.37. The molecule has 1 heterocycles. The molecule has 1 N–H and O–H groups in total. The molecule has 0 atom stereocenters. The highest BCUT2D eigenvalue weighted by Crippen LogP contribution is 2.29. The number of nitrogens with zero attached hydrogens (tertiary/aromatic N) is 1. The van der Waals surface area contributed by atoms with E-state index >= 15 is 0 Å². The highest BCUT2D eigenvalue weighted by Gasteiger charge is 2.14. The molecular weight excluding hydrogens is 338 g/mol. The quantitative estimate of drug-likeness (QED) is 0.510. The first-order valence-electron chi connectivity index (χ1n) is 8.59. The molecule has 0 unspecified atom stereocenters. The number of carbonyl (C=O) groups is 1. The predicted molar refractivity (Wildman–Crippen MR) is 105 cm³/mol. The highest BCUT2D eigenvalue weighted by atomic mass is 16.5. The summed E-state index contributed by atoms with van der Waals surface area (Å²) >= 11 is 0. The monoisotopic (exact) mass is 355 g/mol. The molecule has 4 aromatic rings. The van der Waals surface area contributed by atoms with Crippen molar-refractivity contribution < 1.29 is 14.6 Å². The molecule has 132 valence electrons. The Hall–Kier alpha value is -3.66. The van der Waals surface area contributed by atoms with Crippen LogP contribution in [-0.2, 0) is 0 Å². The Balaban J connectivity index is 1.74. The summed E-state index contributed by atoms with van der Waals surface area (Å²) in [5.74, 6) is 0.511. The lowest BCUT2D eigenvalue weighted by Gasteiger charge is -2.10. The van der Waals surface area contributed by atoms with Crippen molar-refractivity contribution in [3.8, 4) is 22.8 Å². The van der Waals surface area contributed by atoms with E-state index in [0.29, 0.717) is 22.3 Å². The molecule has 0 aliphatic heterocycles. The minimum absolute atomic E-state index is 0.253. The number of pyridine rings is 1. The Morgan fingerprint density at radius 2 is 1.59 bits per heavy atom. The number of para-hydroxylation sites is 2. The van der Waals surface area contributed by atoms with E-state index < -0.39 is 5.97 Å². The molecule has 0 bridgehead atoms. The van der Waals surface area contributed by atoms with Crippen LogP contribution in [0, 0.1) is 6.92 Å². The zero-order valence-corrected chi connectivity index (χ0v) is 14.7. The van der Waals surface area contributed by atoms with Gasteiger partial charge in [0.2, 0.25) is 0 Å². The van der Waals surface area contributed by atoms with Crippen molar-refractivity contribution in [2.75, 3.05) is 0 Å². The molecule has 0 fully saturated rings. The van der Waals surface area contributed by atoms with E-state index in [2.05, 4.69) is 0 Å². The molecule has 4 heteroatoms. The van der Waals surface area contributed by atoms with Gasteiger partial charge >= 0.3 is 5.97 Å². The van der Waals surface area contributed by atoms with Crippen LogP contribution >= 0.6 is 0 Å². The fourth-order valence-electron chi connectivity index (χ4n) is 3.04. The Labute approximate surface area is 156 Å². The molecule has 4 nitrogen and oxygen atoms in total. The van der Waals surface area contributed by atoms with Crippen molar-refractivity contribution in [3.05, 3.63) is 90.0 Å². The number of hydrogen-bond acceptors (Lipinski definition) is 3. The maximum atomic E-state index is 11.7. The molecule has 0 aliphatic rings. The van der Waals surface area contributed by atoms with Gasteiger partial charge in [-0.05, 0) is 55.0 Å². The van der Waals surface area contributed by atoms with E-state index in [9.17, 15) is 9.90 Å². The molecule has 0 aliphatic carbocycles. The lowest BCUT2D eigenvalue weighted by Crippen LogP contribution is -2.01. The molecule has 27 heavy (non-hydrogen) atoms. The fraction of sp³-hybridized carbons (Fsp3) is 0.0435. The van der Waals surface area contributed by atoms with Crippen LogP contribution < -0.4 is 4.74 Å². The molecule has 0 spiro atoms. The van der Waals surface area contributed by atoms with Gasteiger partial charge in [0, 0.05) is 10.9 Å². The Morgan fingerprint density at radius 1 is 0.889 bits per heavy atom. The largest absolute Gasteiger partial charge is 0.478 e. The number of aryl methyl sites for hydroxylation is 1. The Morgan fingerprint density at radius 3 is 2.30 bits per heavy atom. The molecule has 0 amide bonds. The van der Waals surface area contributed by atoms with Crippen molar-refractivity contribution in [3.63, 3.8) is 0 Å². The first-order valence-corrected chi connectivity index (χ1v) is 8.59. The Kier molecular flexibility index (Phi) is 4.30. The van der Waals surface area contributed by atoms with Crippen LogP contribution in [0.2, 0.25) is 0 Å². The zero-order valence-electron chi connectivity index (χ0n) is 14.7. The minimum atomic E-state index is -0.960. The van der Waals surface area contributed by atoms with Gasteiger partial charge in [-0.15, -0.1) is 0 Å². The normalized spacial score (nSPS) is 10.7. The number of benzene rings is 3. The lowest BCUT2D eigenvalue weighted by molar-refractivity contribution is 0.0699. The number of carboxylic acids is 1. The summed E-state index contributed by atoms with van der Waals surface area (Å²) in [4.78, 5) is 16.4. The summed E-state index contributed by atoms with van der Waals surface area (Å²) in [5.41, 5.74) is 3.37. The summed E-state index contributed by atoms with van der Waals surface area (Å²) < 4.78 is 5.81. The topological polar surface area (TPSA) is 59.4 Å². The third-order valence-corrected chi connectivity index (χ3v) is 4.40. The van der Waals surface area contributed by atoms with Crippen molar-refractivity contribution in [2.45, 2.75) is 6.92 Å². The Bertz CT molecular complexity index is 1120. The van der Waals surface area contributed by atoms with Gasteiger partial charge in [0.05, 0.1) is 16.8 Å². The number of aromatic carboxylic acids is 1. The average Bonchev–Trinajstić information content (AvgIpc) is 2.69. The van der Waals surface area contributed by atoms with Gasteiger partial charge in [-0.2, -0.15) is 0 Å². The minimum Gasteiger partial charge on any atom is -0.478 e. The third-order valence-electron chi connectivity index (χ3n) is 4.40. The summed E-state index contributed by atoms with van der Waals surface area (Å²) in [5, 5.41) is 10.3. The molecule has 1 aromatic heterocycles. The average molecular weight is 355 g/mol. The van der Waals surface area contributed by atoms with Crippen LogP contribution in [0.3, 0.4) is 0 Å². The van der Waals surface area contributed by atoms with E-state index in [0.717, 1.165) is 16.9 Å². The van der Waals surface area contributed by atoms with E-state index in [4.69, 9.17) is 9.72 Å². The number of rotatable bonds is 4. The van der Waals surface area contributed by atoms with E-state index in [1.165, 1.54) is 0 Å². The first-order chi connectivity index (χ1) is 13.1. The molecule has 0 saturated heterocycles. The van der Waals surface area contributed by atoms with Gasteiger partial charge in [0.1, 0.15) is 11.5 Å². The smallest absolute Gasteiger partial charge is 0.336 e. The number of hydrogen-bond donors (Lipinski definition) is 1. The number of aromatic nitrogens is 1. The van der Waals surface area contributed by atoms with Crippen LogP contribution in [0.5, 0.6) is 11.5 Å². The van der Waals surface area contributed by atoms with Crippen LogP contribution in [0.1, 0.15) is 15.9 Å². The number of ether oxygens (including phenoxy) is 1. The van der Waals surface area contributed by atoms with Gasteiger partial charge in [0.15, 0.2) is 0 Å². The zero-order chi connectivity index (χ0) is 18.8. The van der Waals surface area contributed by atoms with Crippen molar-refractivity contribution in [1.29, 1.82) is 0 Å². The van der Waals surface area contributed by atoms with Crippen molar-refractivity contribution in [2.24, 2.45) is 0 Å². The van der Waals surface area contributed by atoms with Crippen molar-refractivity contribution >= 4 is 16.9 Å². The summed E-state index contributed by atoms with van der Waals surface area (Å²) in [6.07, 6.45) is 0. The summed E-state index contributed by atoms with van der Waals surface area (Å²) in [6.45, 7) is 1.93. The first kappa shape index (κ1) is 16.8. The molecule has 0 radical (unpaired) electrons. The molecular formula is C23H17NO3. The molecule has 3 aromatic carbocycles. The van der Waals surface area contributed by atoms with E-state index in [-0.39, 0.29) is 5.56 Å². The van der Waals surface area contributed by atoms with Gasteiger partial charge in [-0.25, -0.2) is 9.78 Å². The fourth-order valence-corrected chi connectivity index (χ4v) is 3.04. The second-order valence-corrected chi connectivity index (χ2v) is 6.27. The van der Waals surface area contributed by atoms with E-state index in [1.807, 2.05) is 73.7 Å². The van der Waals surface area contributed by atoms with Gasteiger partial charge in [-0.1, -0.05) is 36.4 Å². The molecule has 0 saturated carbocycles. The van der Waals surface area contributed by atoms with E-state index in [1.54, 1.807) is 12.1 Å². The van der Waals surface area contributed by atoms with Crippen LogP contribution in [0.25, 0.3) is 22.2 Å². The van der Waals surface area contributed by atoms with Crippen LogP contribution in [0.4, 0.5) is 0 Å². The van der Waals surface area contributed by atoms with Crippen molar-refractivity contribution in [1.82, 2.24) is 4.98 Å². The highest BCUT2D eigenvalue weighted by molar-refractivity contribution is 6.04.